The first-order chi connectivity index (χ1) is 13.6. The Bertz CT molecular complexity index is 907. The number of aliphatic hydroxyl groups is 1. The Hall–Kier alpha value is -2.37. The second-order valence-electron chi connectivity index (χ2n) is 7.07. The van der Waals surface area contributed by atoms with Crippen LogP contribution in [0.4, 0.5) is 24.7 Å². The maximum absolute atomic E-state index is 13.2. The third-order valence-corrected chi connectivity index (χ3v) is 4.99. The molecule has 0 aromatic carbocycles. The van der Waals surface area contributed by atoms with Crippen molar-refractivity contribution in [2.75, 3.05) is 23.3 Å². The lowest BCUT2D eigenvalue weighted by Gasteiger charge is -2.38. The Morgan fingerprint density at radius 2 is 2.14 bits per heavy atom. The third kappa shape index (κ3) is 5.17. The first kappa shape index (κ1) is 21.3. The molecule has 7 nitrogen and oxygen atoms in total. The molecule has 3 heterocycles. The van der Waals surface area contributed by atoms with Crippen LogP contribution in [0.5, 0.6) is 0 Å². The largest absolute Gasteiger partial charge is 0.417 e. The number of halogens is 3. The van der Waals surface area contributed by atoms with Crippen LogP contribution in [0.25, 0.3) is 0 Å². The van der Waals surface area contributed by atoms with Crippen molar-refractivity contribution in [1.29, 1.82) is 0 Å². The minimum Gasteiger partial charge on any atom is -0.388 e. The SMILES string of the molecule is CC1(O)CCCN(c2ncc(C(F)(F)F)cc2C(=O)Nc2ccnc(SN)c2)C1. The molecule has 11 heteroatoms. The second kappa shape index (κ2) is 8.17. The maximum Gasteiger partial charge on any atom is 0.417 e. The van der Waals surface area contributed by atoms with Crippen molar-refractivity contribution < 1.29 is 23.1 Å². The summed E-state index contributed by atoms with van der Waals surface area (Å²) in [5.41, 5.74) is -1.93. The Balaban J connectivity index is 1.98. The number of amides is 1. The van der Waals surface area contributed by atoms with Crippen LogP contribution < -0.4 is 15.4 Å². The van der Waals surface area contributed by atoms with Gasteiger partial charge in [0.1, 0.15) is 10.8 Å². The molecule has 4 N–H and O–H groups in total. The van der Waals surface area contributed by atoms with Crippen LogP contribution in [0.15, 0.2) is 35.6 Å². The lowest BCUT2D eigenvalue weighted by Crippen LogP contribution is -2.47. The van der Waals surface area contributed by atoms with Crippen LogP contribution >= 0.6 is 11.9 Å². The van der Waals surface area contributed by atoms with E-state index >= 15 is 0 Å². The van der Waals surface area contributed by atoms with Gasteiger partial charge < -0.3 is 15.3 Å². The van der Waals surface area contributed by atoms with Crippen LogP contribution in [0.3, 0.4) is 0 Å². The summed E-state index contributed by atoms with van der Waals surface area (Å²) < 4.78 is 39.6. The molecule has 1 aliphatic rings. The number of rotatable bonds is 4. The van der Waals surface area contributed by atoms with Crippen LogP contribution in [0.2, 0.25) is 0 Å². The predicted octanol–water partition coefficient (Wildman–Crippen LogP) is 3.06. The fraction of sp³-hybridized carbons (Fsp3) is 0.389. The number of aromatic nitrogens is 2. The maximum atomic E-state index is 13.2. The molecule has 156 valence electrons. The lowest BCUT2D eigenvalue weighted by molar-refractivity contribution is -0.137. The van der Waals surface area contributed by atoms with Crippen molar-refractivity contribution >= 4 is 29.4 Å². The molecule has 29 heavy (non-hydrogen) atoms. The van der Waals surface area contributed by atoms with Crippen molar-refractivity contribution in [1.82, 2.24) is 9.97 Å². The first-order valence-corrected chi connectivity index (χ1v) is 9.66. The van der Waals surface area contributed by atoms with Gasteiger partial charge in [-0.2, -0.15) is 13.2 Å². The second-order valence-corrected chi connectivity index (χ2v) is 7.72. The Morgan fingerprint density at radius 3 is 2.79 bits per heavy atom. The third-order valence-electron chi connectivity index (χ3n) is 4.53. The van der Waals surface area contributed by atoms with Crippen molar-refractivity contribution in [3.05, 3.63) is 41.7 Å². The zero-order valence-electron chi connectivity index (χ0n) is 15.5. The summed E-state index contributed by atoms with van der Waals surface area (Å²) in [7, 11) is 0. The van der Waals surface area contributed by atoms with Gasteiger partial charge in [-0.05, 0) is 49.9 Å². The molecule has 0 radical (unpaired) electrons. The number of carbonyl (C=O) groups is 1. The molecule has 0 aliphatic carbocycles. The summed E-state index contributed by atoms with van der Waals surface area (Å²) in [4.78, 5) is 22.4. The molecule has 3 rings (SSSR count). The molecule has 1 atom stereocenters. The zero-order chi connectivity index (χ0) is 21.2. The molecule has 0 bridgehead atoms. The summed E-state index contributed by atoms with van der Waals surface area (Å²) in [6.45, 7) is 2.28. The van der Waals surface area contributed by atoms with E-state index in [0.29, 0.717) is 36.3 Å². The number of β-amino-alcohol motifs (C(OH)–C–C–N with tert-alkyl or cyclic N) is 1. The fourth-order valence-electron chi connectivity index (χ4n) is 3.18. The number of hydrogen-bond donors (Lipinski definition) is 3. The molecule has 1 aliphatic heterocycles. The van der Waals surface area contributed by atoms with Gasteiger partial charge in [0.2, 0.25) is 0 Å². The molecule has 1 amide bonds. The lowest BCUT2D eigenvalue weighted by atomic mass is 9.95. The zero-order valence-corrected chi connectivity index (χ0v) is 16.3. The number of hydrogen-bond acceptors (Lipinski definition) is 7. The Kier molecular flexibility index (Phi) is 6.01. The van der Waals surface area contributed by atoms with Crippen molar-refractivity contribution in [2.24, 2.45) is 5.14 Å². The van der Waals surface area contributed by atoms with Crippen LogP contribution in [-0.2, 0) is 6.18 Å². The van der Waals surface area contributed by atoms with E-state index in [1.807, 2.05) is 0 Å². The first-order valence-electron chi connectivity index (χ1n) is 8.78. The molecule has 1 fully saturated rings. The van der Waals surface area contributed by atoms with Gasteiger partial charge in [-0.3, -0.25) is 9.93 Å². The summed E-state index contributed by atoms with van der Waals surface area (Å²) >= 11 is 0.878. The van der Waals surface area contributed by atoms with Crippen LogP contribution in [0.1, 0.15) is 35.7 Å². The molecule has 0 saturated carbocycles. The predicted molar refractivity (Wildman–Crippen MR) is 104 cm³/mol. The van der Waals surface area contributed by atoms with Gasteiger partial charge in [-0.15, -0.1) is 0 Å². The van der Waals surface area contributed by atoms with Gasteiger partial charge >= 0.3 is 6.18 Å². The van der Waals surface area contributed by atoms with Gasteiger partial charge in [0.15, 0.2) is 0 Å². The summed E-state index contributed by atoms with van der Waals surface area (Å²) in [5, 5.41) is 18.8. The summed E-state index contributed by atoms with van der Waals surface area (Å²) in [5.74, 6) is -0.652. The van der Waals surface area contributed by atoms with Crippen LogP contribution in [-0.4, -0.2) is 39.7 Å². The number of pyridine rings is 2. The van der Waals surface area contributed by atoms with E-state index in [0.717, 1.165) is 18.0 Å². The van der Waals surface area contributed by atoms with Crippen molar-refractivity contribution in [3.8, 4) is 0 Å². The minimum atomic E-state index is -4.64. The number of carbonyl (C=O) groups excluding carboxylic acids is 1. The van der Waals surface area contributed by atoms with E-state index in [-0.39, 0.29) is 17.9 Å². The number of nitrogens with two attached hydrogens (primary N) is 1. The molecular formula is C18H20F3N5O2S. The van der Waals surface area contributed by atoms with Gasteiger partial charge in [-0.25, -0.2) is 9.97 Å². The van der Waals surface area contributed by atoms with E-state index in [4.69, 9.17) is 5.14 Å². The number of piperidine rings is 1. The average Bonchev–Trinajstić information content (AvgIpc) is 2.66. The summed E-state index contributed by atoms with van der Waals surface area (Å²) in [6.07, 6.45) is -1.34. The highest BCUT2D eigenvalue weighted by Crippen LogP contribution is 2.33. The van der Waals surface area contributed by atoms with Crippen molar-refractivity contribution in [3.63, 3.8) is 0 Å². The molecule has 2 aromatic rings. The van der Waals surface area contributed by atoms with E-state index in [9.17, 15) is 23.1 Å². The highest BCUT2D eigenvalue weighted by molar-refractivity contribution is 7.97. The Labute approximate surface area is 169 Å². The summed E-state index contributed by atoms with van der Waals surface area (Å²) in [6, 6.07) is 3.79. The quantitative estimate of drug-likeness (QED) is 0.644. The van der Waals surface area contributed by atoms with E-state index in [1.165, 1.54) is 18.3 Å². The standard InChI is InChI=1S/C18H20F3N5O2S/c1-17(28)4-2-6-26(10-17)15-13(7-11(9-24-15)18(19,20)21)16(27)25-12-3-5-23-14(8-12)29-22/h3,5,7-9,28H,2,4,6,10,22H2,1H3,(H,23,25,27). The number of anilines is 2. The van der Waals surface area contributed by atoms with E-state index < -0.39 is 23.2 Å². The number of nitrogens with one attached hydrogen (secondary N) is 1. The van der Waals surface area contributed by atoms with E-state index in [2.05, 4.69) is 15.3 Å². The smallest absolute Gasteiger partial charge is 0.388 e. The number of alkyl halides is 3. The normalized spacial score (nSPS) is 19.9. The fourth-order valence-corrected chi connectivity index (χ4v) is 3.50. The van der Waals surface area contributed by atoms with E-state index in [1.54, 1.807) is 11.8 Å². The molecule has 2 aromatic heterocycles. The highest BCUT2D eigenvalue weighted by atomic mass is 32.2. The molecule has 1 unspecified atom stereocenters. The monoisotopic (exact) mass is 427 g/mol. The van der Waals surface area contributed by atoms with Gasteiger partial charge in [0.05, 0.1) is 16.7 Å². The Morgan fingerprint density at radius 1 is 1.38 bits per heavy atom. The van der Waals surface area contributed by atoms with Crippen LogP contribution in [0, 0.1) is 0 Å². The minimum absolute atomic E-state index is 0.0953. The topological polar surface area (TPSA) is 104 Å². The average molecular weight is 427 g/mol. The number of nitrogens with zero attached hydrogens (tertiary/aromatic N) is 3. The van der Waals surface area contributed by atoms with Crippen molar-refractivity contribution in [2.45, 2.75) is 36.6 Å². The van der Waals surface area contributed by atoms with Gasteiger partial charge in [0.25, 0.3) is 5.91 Å². The molecule has 0 spiro atoms. The highest BCUT2D eigenvalue weighted by Gasteiger charge is 2.35. The molecule has 1 saturated heterocycles. The van der Waals surface area contributed by atoms with Gasteiger partial charge in [-0.1, -0.05) is 0 Å². The van der Waals surface area contributed by atoms with Gasteiger partial charge in [0, 0.05) is 31.2 Å². The molecular weight excluding hydrogens is 407 g/mol.